The van der Waals surface area contributed by atoms with Crippen molar-refractivity contribution in [3.8, 4) is 6.07 Å². The Labute approximate surface area is 185 Å². The Morgan fingerprint density at radius 2 is 1.84 bits per heavy atom. The number of carbonyl (C=O) groups excluding carboxylic acids is 1. The quantitative estimate of drug-likeness (QED) is 0.726. The van der Waals surface area contributed by atoms with Crippen LogP contribution in [-0.2, 0) is 16.1 Å². The van der Waals surface area contributed by atoms with E-state index in [1.165, 1.54) is 18.9 Å². The highest BCUT2D eigenvalue weighted by Crippen LogP contribution is 2.32. The van der Waals surface area contributed by atoms with Gasteiger partial charge in [-0.05, 0) is 69.7 Å². The van der Waals surface area contributed by atoms with Gasteiger partial charge in [-0.2, -0.15) is 5.26 Å². The summed E-state index contributed by atoms with van der Waals surface area (Å²) in [5.74, 6) is 0.730. The summed E-state index contributed by atoms with van der Waals surface area (Å²) in [7, 11) is 0. The van der Waals surface area contributed by atoms with Crippen LogP contribution < -0.4 is 0 Å². The Morgan fingerprint density at radius 1 is 1.06 bits per heavy atom. The van der Waals surface area contributed by atoms with Gasteiger partial charge >= 0.3 is 0 Å². The molecule has 1 atom stereocenters. The van der Waals surface area contributed by atoms with Crippen LogP contribution in [0.5, 0.6) is 0 Å². The second-order valence-electron chi connectivity index (χ2n) is 9.37. The molecule has 3 fully saturated rings. The summed E-state index contributed by atoms with van der Waals surface area (Å²) >= 11 is 0. The SMILES string of the molecule is N#Cc1ccc(CN2CCC(C3CCCCCN3C(=O)C3CCOCC3)CC2)c(F)c1. The van der Waals surface area contributed by atoms with Gasteiger partial charge in [-0.15, -0.1) is 0 Å². The molecule has 168 valence electrons. The number of halogens is 1. The number of hydrogen-bond acceptors (Lipinski definition) is 4. The minimum Gasteiger partial charge on any atom is -0.381 e. The van der Waals surface area contributed by atoms with E-state index in [0.717, 1.165) is 58.2 Å². The first-order valence-electron chi connectivity index (χ1n) is 11.9. The summed E-state index contributed by atoms with van der Waals surface area (Å²) in [6, 6.07) is 7.10. The van der Waals surface area contributed by atoms with Gasteiger partial charge in [0.1, 0.15) is 5.82 Å². The second-order valence-corrected chi connectivity index (χ2v) is 9.37. The van der Waals surface area contributed by atoms with Crippen LogP contribution in [0, 0.1) is 29.0 Å². The van der Waals surface area contributed by atoms with Gasteiger partial charge in [0.2, 0.25) is 5.91 Å². The van der Waals surface area contributed by atoms with Crippen LogP contribution in [0.4, 0.5) is 4.39 Å². The molecule has 3 aliphatic rings. The van der Waals surface area contributed by atoms with Gasteiger partial charge in [-0.25, -0.2) is 4.39 Å². The van der Waals surface area contributed by atoms with Gasteiger partial charge in [0, 0.05) is 43.8 Å². The van der Waals surface area contributed by atoms with E-state index in [1.54, 1.807) is 12.1 Å². The highest BCUT2D eigenvalue weighted by molar-refractivity contribution is 5.79. The molecular weight excluding hydrogens is 393 g/mol. The molecule has 0 radical (unpaired) electrons. The van der Waals surface area contributed by atoms with Crippen molar-refractivity contribution in [3.05, 3.63) is 35.1 Å². The maximum Gasteiger partial charge on any atom is 0.226 e. The Balaban J connectivity index is 1.36. The van der Waals surface area contributed by atoms with Crippen molar-refractivity contribution in [1.29, 1.82) is 5.26 Å². The molecule has 0 N–H and O–H groups in total. The van der Waals surface area contributed by atoms with Gasteiger partial charge in [0.25, 0.3) is 0 Å². The van der Waals surface area contributed by atoms with Crippen molar-refractivity contribution in [1.82, 2.24) is 9.80 Å². The van der Waals surface area contributed by atoms with E-state index in [1.807, 2.05) is 6.07 Å². The zero-order valence-electron chi connectivity index (χ0n) is 18.4. The number of nitriles is 1. The van der Waals surface area contributed by atoms with Gasteiger partial charge in [-0.1, -0.05) is 18.9 Å². The number of likely N-dealkylation sites (tertiary alicyclic amines) is 2. The molecule has 0 aliphatic carbocycles. The topological polar surface area (TPSA) is 56.6 Å². The normalized spacial score (nSPS) is 24.5. The van der Waals surface area contributed by atoms with Crippen molar-refractivity contribution in [2.75, 3.05) is 32.8 Å². The molecule has 4 rings (SSSR count). The Hall–Kier alpha value is -1.97. The van der Waals surface area contributed by atoms with Crippen molar-refractivity contribution in [2.24, 2.45) is 11.8 Å². The lowest BCUT2D eigenvalue weighted by Crippen LogP contribution is -2.50. The number of piperidine rings is 1. The number of amides is 1. The maximum atomic E-state index is 14.3. The molecule has 1 aromatic carbocycles. The molecule has 0 bridgehead atoms. The molecule has 3 heterocycles. The van der Waals surface area contributed by atoms with Crippen LogP contribution in [0.25, 0.3) is 0 Å². The summed E-state index contributed by atoms with van der Waals surface area (Å²) in [6.07, 6.45) is 8.48. The summed E-state index contributed by atoms with van der Waals surface area (Å²) in [5.41, 5.74) is 1.02. The lowest BCUT2D eigenvalue weighted by atomic mass is 9.85. The maximum absolute atomic E-state index is 14.3. The number of carbonyl (C=O) groups is 1. The Bertz CT molecular complexity index is 794. The first-order chi connectivity index (χ1) is 15.2. The first-order valence-corrected chi connectivity index (χ1v) is 11.9. The zero-order valence-corrected chi connectivity index (χ0v) is 18.4. The summed E-state index contributed by atoms with van der Waals surface area (Å²) in [6.45, 7) is 4.76. The zero-order chi connectivity index (χ0) is 21.6. The minimum absolute atomic E-state index is 0.133. The van der Waals surface area contributed by atoms with Crippen LogP contribution in [-0.4, -0.2) is 54.6 Å². The average Bonchev–Trinajstić information content (AvgIpc) is 3.07. The molecule has 1 aromatic rings. The lowest BCUT2D eigenvalue weighted by Gasteiger charge is -2.42. The van der Waals surface area contributed by atoms with Crippen molar-refractivity contribution in [2.45, 2.75) is 64.0 Å². The summed E-state index contributed by atoms with van der Waals surface area (Å²) in [4.78, 5) is 17.9. The molecule has 0 saturated carbocycles. The second kappa shape index (κ2) is 10.6. The van der Waals surface area contributed by atoms with Gasteiger partial charge < -0.3 is 9.64 Å². The lowest BCUT2D eigenvalue weighted by molar-refractivity contribution is -0.142. The predicted octanol–water partition coefficient (Wildman–Crippen LogP) is 4.11. The van der Waals surface area contributed by atoms with E-state index in [-0.39, 0.29) is 11.7 Å². The third-order valence-corrected chi connectivity index (χ3v) is 7.41. The molecule has 0 aromatic heterocycles. The molecule has 3 aliphatic heterocycles. The standard InChI is InChI=1S/C25H34FN3O2/c26-23-16-19(17-27)5-6-22(23)18-28-12-7-20(8-13-28)24-4-2-1-3-11-29(24)25(30)21-9-14-31-15-10-21/h5-6,16,20-21,24H,1-4,7-15,18H2. The van der Waals surface area contributed by atoms with Gasteiger partial charge in [0.05, 0.1) is 11.6 Å². The monoisotopic (exact) mass is 427 g/mol. The highest BCUT2D eigenvalue weighted by atomic mass is 19.1. The fourth-order valence-electron chi connectivity index (χ4n) is 5.56. The van der Waals surface area contributed by atoms with E-state index >= 15 is 0 Å². The molecule has 5 nitrogen and oxygen atoms in total. The molecule has 1 amide bonds. The van der Waals surface area contributed by atoms with E-state index < -0.39 is 0 Å². The summed E-state index contributed by atoms with van der Waals surface area (Å²) < 4.78 is 19.8. The fraction of sp³-hybridized carbons (Fsp3) is 0.680. The van der Waals surface area contributed by atoms with E-state index in [4.69, 9.17) is 10.00 Å². The van der Waals surface area contributed by atoms with Crippen LogP contribution in [0.1, 0.15) is 62.5 Å². The first kappa shape index (κ1) is 22.2. The van der Waals surface area contributed by atoms with Crippen LogP contribution >= 0.6 is 0 Å². The van der Waals surface area contributed by atoms with E-state index in [2.05, 4.69) is 9.80 Å². The summed E-state index contributed by atoms with van der Waals surface area (Å²) in [5, 5.41) is 8.93. The predicted molar refractivity (Wildman–Crippen MR) is 117 cm³/mol. The molecule has 1 unspecified atom stereocenters. The molecule has 0 spiro atoms. The van der Waals surface area contributed by atoms with Crippen LogP contribution in [0.15, 0.2) is 18.2 Å². The van der Waals surface area contributed by atoms with Crippen molar-refractivity contribution >= 4 is 5.91 Å². The fourth-order valence-corrected chi connectivity index (χ4v) is 5.56. The number of benzene rings is 1. The van der Waals surface area contributed by atoms with Crippen molar-refractivity contribution < 1.29 is 13.9 Å². The molecular formula is C25H34FN3O2. The largest absolute Gasteiger partial charge is 0.381 e. The van der Waals surface area contributed by atoms with Gasteiger partial charge in [-0.3, -0.25) is 9.69 Å². The third kappa shape index (κ3) is 5.45. The van der Waals surface area contributed by atoms with Crippen LogP contribution in [0.3, 0.4) is 0 Å². The number of rotatable bonds is 4. The molecule has 31 heavy (non-hydrogen) atoms. The van der Waals surface area contributed by atoms with Crippen LogP contribution in [0.2, 0.25) is 0 Å². The third-order valence-electron chi connectivity index (χ3n) is 7.41. The highest BCUT2D eigenvalue weighted by Gasteiger charge is 2.36. The number of hydrogen-bond donors (Lipinski definition) is 0. The smallest absolute Gasteiger partial charge is 0.226 e. The molecule has 6 heteroatoms. The minimum atomic E-state index is -0.293. The molecule has 3 saturated heterocycles. The van der Waals surface area contributed by atoms with Crippen molar-refractivity contribution in [3.63, 3.8) is 0 Å². The van der Waals surface area contributed by atoms with E-state index in [9.17, 15) is 9.18 Å². The number of nitrogens with zero attached hydrogens (tertiary/aromatic N) is 3. The van der Waals surface area contributed by atoms with E-state index in [0.29, 0.717) is 48.8 Å². The Morgan fingerprint density at radius 3 is 2.55 bits per heavy atom. The number of ether oxygens (including phenoxy) is 1. The average molecular weight is 428 g/mol. The Kier molecular flexibility index (Phi) is 7.58. The van der Waals surface area contributed by atoms with Gasteiger partial charge in [0.15, 0.2) is 0 Å².